The first-order chi connectivity index (χ1) is 9.84. The van der Waals surface area contributed by atoms with E-state index in [0.717, 1.165) is 0 Å². The number of sulfonamides is 1. The minimum atomic E-state index is -3.83. The van der Waals surface area contributed by atoms with Crippen LogP contribution in [0.2, 0.25) is 0 Å². The summed E-state index contributed by atoms with van der Waals surface area (Å²) in [5.74, 6) is -0.713. The normalized spacial score (nSPS) is 24.2. The van der Waals surface area contributed by atoms with Gasteiger partial charge in [0.05, 0.1) is 12.2 Å². The fraction of sp³-hybridized carbons (Fsp3) is 0.571. The number of halogens is 1. The first-order valence-electron chi connectivity index (χ1n) is 6.93. The molecule has 0 spiro atoms. The Morgan fingerprint density at radius 3 is 2.48 bits per heavy atom. The van der Waals surface area contributed by atoms with Crippen molar-refractivity contribution >= 4 is 10.0 Å². The van der Waals surface area contributed by atoms with Crippen molar-refractivity contribution < 1.29 is 17.5 Å². The third-order valence-electron chi connectivity index (χ3n) is 3.38. The number of rotatable bonds is 4. The molecular weight excluding hydrogens is 295 g/mol. The van der Waals surface area contributed by atoms with Crippen molar-refractivity contribution in [3.63, 3.8) is 0 Å². The molecule has 1 N–H and O–H groups in total. The van der Waals surface area contributed by atoms with Gasteiger partial charge in [0.15, 0.2) is 0 Å². The Balaban J connectivity index is 2.31. The number of benzene rings is 1. The van der Waals surface area contributed by atoms with Crippen LogP contribution in [0.15, 0.2) is 23.1 Å². The van der Waals surface area contributed by atoms with Gasteiger partial charge in [-0.05, 0) is 38.6 Å². The van der Waals surface area contributed by atoms with Crippen LogP contribution in [0.5, 0.6) is 0 Å². The maximum absolute atomic E-state index is 14.2. The Morgan fingerprint density at radius 1 is 1.33 bits per heavy atom. The summed E-state index contributed by atoms with van der Waals surface area (Å²) >= 11 is 0. The molecule has 2 unspecified atom stereocenters. The third-order valence-corrected chi connectivity index (χ3v) is 5.25. The van der Waals surface area contributed by atoms with Crippen molar-refractivity contribution in [1.29, 1.82) is 0 Å². The maximum Gasteiger partial charge on any atom is 0.246 e. The van der Waals surface area contributed by atoms with Crippen molar-refractivity contribution in [1.82, 2.24) is 9.62 Å². The van der Waals surface area contributed by atoms with Crippen molar-refractivity contribution in [2.45, 2.75) is 37.5 Å². The van der Waals surface area contributed by atoms with E-state index in [2.05, 4.69) is 5.32 Å². The summed E-state index contributed by atoms with van der Waals surface area (Å²) in [5, 5.41) is 2.90. The lowest BCUT2D eigenvalue weighted by atomic mass is 10.2. The molecule has 5 nitrogen and oxygen atoms in total. The SMILES string of the molecule is CNCc1ccc(S(=O)(=O)N2CC(C)OC(C)C2)c(F)c1. The monoisotopic (exact) mass is 316 g/mol. The Bertz CT molecular complexity index is 596. The summed E-state index contributed by atoms with van der Waals surface area (Å²) in [6, 6.07) is 4.22. The highest BCUT2D eigenvalue weighted by molar-refractivity contribution is 7.89. The van der Waals surface area contributed by atoms with Gasteiger partial charge in [-0.15, -0.1) is 0 Å². The van der Waals surface area contributed by atoms with Gasteiger partial charge in [0.25, 0.3) is 0 Å². The van der Waals surface area contributed by atoms with Crippen LogP contribution in [0, 0.1) is 5.82 Å². The molecule has 0 aliphatic carbocycles. The lowest BCUT2D eigenvalue weighted by Crippen LogP contribution is -2.48. The van der Waals surface area contributed by atoms with Gasteiger partial charge in [-0.25, -0.2) is 12.8 Å². The zero-order chi connectivity index (χ0) is 15.6. The zero-order valence-corrected chi connectivity index (χ0v) is 13.3. The molecule has 2 atom stereocenters. The summed E-state index contributed by atoms with van der Waals surface area (Å²) < 4.78 is 46.1. The molecule has 1 aromatic rings. The second-order valence-corrected chi connectivity index (χ2v) is 7.28. The van der Waals surface area contributed by atoms with Crippen LogP contribution in [0.1, 0.15) is 19.4 Å². The van der Waals surface area contributed by atoms with E-state index in [9.17, 15) is 12.8 Å². The largest absolute Gasteiger partial charge is 0.373 e. The predicted molar refractivity (Wildman–Crippen MR) is 77.9 cm³/mol. The van der Waals surface area contributed by atoms with E-state index in [4.69, 9.17) is 4.74 Å². The van der Waals surface area contributed by atoms with Gasteiger partial charge in [0.1, 0.15) is 10.7 Å². The molecular formula is C14H21FN2O3S. The first-order valence-corrected chi connectivity index (χ1v) is 8.37. The van der Waals surface area contributed by atoms with Gasteiger partial charge in [0.2, 0.25) is 10.0 Å². The molecule has 0 bridgehead atoms. The standard InChI is InChI=1S/C14H21FN2O3S/c1-10-8-17(9-11(2)20-10)21(18,19)14-5-4-12(7-16-3)6-13(14)15/h4-6,10-11,16H,7-9H2,1-3H3. The number of nitrogens with zero attached hydrogens (tertiary/aromatic N) is 1. The third kappa shape index (κ3) is 3.60. The minimum absolute atomic E-state index is 0.199. The average molecular weight is 316 g/mol. The highest BCUT2D eigenvalue weighted by Gasteiger charge is 2.33. The smallest absolute Gasteiger partial charge is 0.246 e. The molecule has 0 aromatic heterocycles. The van der Waals surface area contributed by atoms with Crippen LogP contribution in [0.3, 0.4) is 0 Å². The Labute approximate surface area is 125 Å². The van der Waals surface area contributed by atoms with E-state index < -0.39 is 15.8 Å². The number of hydrogen-bond acceptors (Lipinski definition) is 4. The number of nitrogens with one attached hydrogen (secondary N) is 1. The molecule has 0 amide bonds. The van der Waals surface area contributed by atoms with Crippen molar-refractivity contribution in [2.24, 2.45) is 0 Å². The van der Waals surface area contributed by atoms with Crippen LogP contribution in [0.25, 0.3) is 0 Å². The van der Waals surface area contributed by atoms with E-state index in [1.807, 2.05) is 13.8 Å². The molecule has 1 fully saturated rings. The average Bonchev–Trinajstić information content (AvgIpc) is 2.37. The molecule has 7 heteroatoms. The molecule has 21 heavy (non-hydrogen) atoms. The lowest BCUT2D eigenvalue weighted by Gasteiger charge is -2.34. The highest BCUT2D eigenvalue weighted by Crippen LogP contribution is 2.24. The van der Waals surface area contributed by atoms with Gasteiger partial charge < -0.3 is 10.1 Å². The van der Waals surface area contributed by atoms with E-state index in [1.165, 1.54) is 16.4 Å². The summed E-state index contributed by atoms with van der Waals surface area (Å²) in [6.45, 7) is 4.59. The second-order valence-electron chi connectivity index (χ2n) is 5.37. The molecule has 1 aliphatic heterocycles. The van der Waals surface area contributed by atoms with Gasteiger partial charge in [-0.2, -0.15) is 4.31 Å². The fourth-order valence-corrected chi connectivity index (χ4v) is 4.17. The lowest BCUT2D eigenvalue weighted by molar-refractivity contribution is -0.0441. The van der Waals surface area contributed by atoms with Crippen molar-refractivity contribution in [3.05, 3.63) is 29.6 Å². The Morgan fingerprint density at radius 2 is 1.95 bits per heavy atom. The molecule has 1 aliphatic rings. The van der Waals surface area contributed by atoms with Gasteiger partial charge >= 0.3 is 0 Å². The van der Waals surface area contributed by atoms with Crippen molar-refractivity contribution in [3.8, 4) is 0 Å². The van der Waals surface area contributed by atoms with Gasteiger partial charge in [-0.1, -0.05) is 6.07 Å². The topological polar surface area (TPSA) is 58.6 Å². The molecule has 0 radical (unpaired) electrons. The van der Waals surface area contributed by atoms with Crippen LogP contribution >= 0.6 is 0 Å². The summed E-state index contributed by atoms with van der Waals surface area (Å²) in [5.41, 5.74) is 0.706. The highest BCUT2D eigenvalue weighted by atomic mass is 32.2. The van der Waals surface area contributed by atoms with Crippen molar-refractivity contribution in [2.75, 3.05) is 20.1 Å². The maximum atomic E-state index is 14.2. The van der Waals surface area contributed by atoms with Gasteiger partial charge in [0, 0.05) is 19.6 Å². The van der Waals surface area contributed by atoms with Crippen LogP contribution < -0.4 is 5.32 Å². The summed E-state index contributed by atoms with van der Waals surface area (Å²) in [7, 11) is -2.08. The van der Waals surface area contributed by atoms with E-state index >= 15 is 0 Å². The predicted octanol–water partition coefficient (Wildman–Crippen LogP) is 1.34. The quantitative estimate of drug-likeness (QED) is 0.911. The van der Waals surface area contributed by atoms with E-state index in [0.29, 0.717) is 12.1 Å². The van der Waals surface area contributed by atoms with Crippen LogP contribution in [-0.4, -0.2) is 45.1 Å². The minimum Gasteiger partial charge on any atom is -0.373 e. The van der Waals surface area contributed by atoms with E-state index in [-0.39, 0.29) is 30.2 Å². The molecule has 0 saturated carbocycles. The number of ether oxygens (including phenoxy) is 1. The van der Waals surface area contributed by atoms with Gasteiger partial charge in [-0.3, -0.25) is 0 Å². The fourth-order valence-electron chi connectivity index (χ4n) is 2.53. The summed E-state index contributed by atoms with van der Waals surface area (Å²) in [4.78, 5) is -0.274. The molecule has 1 saturated heterocycles. The Hall–Kier alpha value is -1.02. The van der Waals surface area contributed by atoms with E-state index in [1.54, 1.807) is 13.1 Å². The van der Waals surface area contributed by atoms with Crippen LogP contribution in [-0.2, 0) is 21.3 Å². The molecule has 1 aromatic carbocycles. The Kier molecular flexibility index (Phi) is 4.98. The number of hydrogen-bond donors (Lipinski definition) is 1. The van der Waals surface area contributed by atoms with Crippen LogP contribution in [0.4, 0.5) is 4.39 Å². The molecule has 118 valence electrons. The first kappa shape index (κ1) is 16.4. The second kappa shape index (κ2) is 6.39. The number of morpholine rings is 1. The molecule has 2 rings (SSSR count). The molecule has 1 heterocycles. The zero-order valence-electron chi connectivity index (χ0n) is 12.5. The summed E-state index contributed by atoms with van der Waals surface area (Å²) in [6.07, 6.45) is -0.398.